The van der Waals surface area contributed by atoms with E-state index in [1.165, 1.54) is 40.7 Å². The molecule has 2 fully saturated rings. The summed E-state index contributed by atoms with van der Waals surface area (Å²) in [4.78, 5) is 24.6. The second-order valence-corrected chi connectivity index (χ2v) is 10.6. The number of carbonyl (C=O) groups is 2. The van der Waals surface area contributed by atoms with Crippen molar-refractivity contribution in [2.45, 2.75) is 42.7 Å². The molecular weight excluding hydrogens is 477 g/mol. The number of fused-ring (bicyclic) bond motifs is 1. The predicted octanol–water partition coefficient (Wildman–Crippen LogP) is 3.68. The summed E-state index contributed by atoms with van der Waals surface area (Å²) < 4.78 is 28.0. The number of hydroxylamine groups is 1. The van der Waals surface area contributed by atoms with Crippen molar-refractivity contribution in [1.29, 1.82) is 0 Å². The minimum absolute atomic E-state index is 0.00307. The lowest BCUT2D eigenvalue weighted by Gasteiger charge is -2.27. The standard InChI is InChI=1S/C21H21Cl2N3O5S/c22-13-4-9-16(17(23)11-13)20(27)24-14-5-7-15(8-6-14)32(30,31)26-18-3-1-2-12(18)10-19(26)21(28)25-29/h4-9,11-12,18-19,29H,1-3,10H2,(H,24,27)(H,25,28)/t12-,18-,19?/m1/s1. The van der Waals surface area contributed by atoms with E-state index in [9.17, 15) is 18.0 Å². The minimum Gasteiger partial charge on any atom is -0.322 e. The number of nitrogens with zero attached hydrogens (tertiary/aromatic N) is 1. The average molecular weight is 498 g/mol. The maximum Gasteiger partial charge on any atom is 0.261 e. The SMILES string of the molecule is O=C(Nc1ccc(S(=O)(=O)N2C(C(=O)NO)C[C@H]3CCC[C@H]32)cc1)c1ccc(Cl)cc1Cl. The van der Waals surface area contributed by atoms with E-state index in [0.29, 0.717) is 23.6 Å². The van der Waals surface area contributed by atoms with E-state index in [2.05, 4.69) is 5.32 Å². The molecule has 32 heavy (non-hydrogen) atoms. The van der Waals surface area contributed by atoms with Gasteiger partial charge in [-0.2, -0.15) is 4.31 Å². The number of anilines is 1. The van der Waals surface area contributed by atoms with Gasteiger partial charge in [0.05, 0.1) is 15.5 Å². The van der Waals surface area contributed by atoms with Crippen LogP contribution in [0.5, 0.6) is 0 Å². The van der Waals surface area contributed by atoms with Crippen molar-refractivity contribution < 1.29 is 23.2 Å². The van der Waals surface area contributed by atoms with Gasteiger partial charge >= 0.3 is 0 Å². The third-order valence-electron chi connectivity index (χ3n) is 6.06. The molecule has 1 heterocycles. The molecule has 2 aliphatic rings. The van der Waals surface area contributed by atoms with Crippen molar-refractivity contribution in [3.05, 3.63) is 58.1 Å². The molecule has 2 aromatic carbocycles. The molecule has 1 saturated heterocycles. The molecule has 2 aromatic rings. The number of benzene rings is 2. The van der Waals surface area contributed by atoms with E-state index < -0.39 is 27.9 Å². The number of hydrogen-bond acceptors (Lipinski definition) is 5. The van der Waals surface area contributed by atoms with Crippen LogP contribution in [-0.2, 0) is 14.8 Å². The van der Waals surface area contributed by atoms with E-state index in [0.717, 1.165) is 12.8 Å². The Kier molecular flexibility index (Phi) is 6.46. The monoisotopic (exact) mass is 497 g/mol. The molecule has 0 bridgehead atoms. The molecule has 2 amide bonds. The lowest BCUT2D eigenvalue weighted by atomic mass is 10.0. The van der Waals surface area contributed by atoms with Gasteiger partial charge in [-0.15, -0.1) is 0 Å². The van der Waals surface area contributed by atoms with Gasteiger partial charge in [0.25, 0.3) is 11.8 Å². The van der Waals surface area contributed by atoms with Gasteiger partial charge in [0.1, 0.15) is 6.04 Å². The third kappa shape index (κ3) is 4.23. The van der Waals surface area contributed by atoms with Gasteiger partial charge in [-0.3, -0.25) is 14.8 Å². The second-order valence-electron chi connectivity index (χ2n) is 7.92. The highest BCUT2D eigenvalue weighted by atomic mass is 35.5. The molecular formula is C21H21Cl2N3O5S. The van der Waals surface area contributed by atoms with Crippen LogP contribution in [0.2, 0.25) is 10.0 Å². The normalized spacial score (nSPS) is 23.0. The first kappa shape index (κ1) is 23.0. The maximum absolute atomic E-state index is 13.4. The fourth-order valence-electron chi connectivity index (χ4n) is 4.60. The topological polar surface area (TPSA) is 116 Å². The first-order valence-corrected chi connectivity index (χ1v) is 12.3. The molecule has 4 rings (SSSR count). The van der Waals surface area contributed by atoms with Gasteiger partial charge in [-0.05, 0) is 67.6 Å². The summed E-state index contributed by atoms with van der Waals surface area (Å²) in [5.74, 6) is -1.10. The highest BCUT2D eigenvalue weighted by molar-refractivity contribution is 7.89. The van der Waals surface area contributed by atoms with Crippen LogP contribution in [0, 0.1) is 5.92 Å². The zero-order valence-corrected chi connectivity index (χ0v) is 19.1. The van der Waals surface area contributed by atoms with Crippen molar-refractivity contribution in [2.24, 2.45) is 5.92 Å². The molecule has 3 atom stereocenters. The zero-order valence-electron chi connectivity index (χ0n) is 16.8. The predicted molar refractivity (Wildman–Crippen MR) is 119 cm³/mol. The zero-order chi connectivity index (χ0) is 23.0. The largest absolute Gasteiger partial charge is 0.322 e. The summed E-state index contributed by atoms with van der Waals surface area (Å²) >= 11 is 11.9. The Balaban J connectivity index is 1.56. The van der Waals surface area contributed by atoms with Gasteiger partial charge in [-0.1, -0.05) is 29.6 Å². The average Bonchev–Trinajstić information content (AvgIpc) is 3.34. The Bertz CT molecular complexity index is 1160. The Morgan fingerprint density at radius 3 is 2.44 bits per heavy atom. The highest BCUT2D eigenvalue weighted by Gasteiger charge is 2.52. The molecule has 0 aromatic heterocycles. The minimum atomic E-state index is -3.99. The highest BCUT2D eigenvalue weighted by Crippen LogP contribution is 2.44. The number of halogens is 2. The smallest absolute Gasteiger partial charge is 0.261 e. The van der Waals surface area contributed by atoms with Crippen LogP contribution in [0.15, 0.2) is 47.4 Å². The summed E-state index contributed by atoms with van der Waals surface area (Å²) in [6.07, 6.45) is 2.80. The van der Waals surface area contributed by atoms with Crippen molar-refractivity contribution >= 4 is 50.7 Å². The van der Waals surface area contributed by atoms with Gasteiger partial charge in [0.2, 0.25) is 10.0 Å². The van der Waals surface area contributed by atoms with E-state index in [-0.39, 0.29) is 27.4 Å². The van der Waals surface area contributed by atoms with Crippen LogP contribution in [0.1, 0.15) is 36.0 Å². The van der Waals surface area contributed by atoms with Crippen LogP contribution in [0.25, 0.3) is 0 Å². The van der Waals surface area contributed by atoms with E-state index in [4.69, 9.17) is 28.4 Å². The first-order chi connectivity index (χ1) is 15.2. The molecule has 1 unspecified atom stereocenters. The quantitative estimate of drug-likeness (QED) is 0.430. The summed E-state index contributed by atoms with van der Waals surface area (Å²) in [5, 5.41) is 12.4. The van der Waals surface area contributed by atoms with Crippen LogP contribution in [-0.4, -0.2) is 41.8 Å². The lowest BCUT2D eigenvalue weighted by Crippen LogP contribution is -2.48. The van der Waals surface area contributed by atoms with Gasteiger partial charge in [-0.25, -0.2) is 13.9 Å². The van der Waals surface area contributed by atoms with Gasteiger partial charge in [0.15, 0.2) is 0 Å². The van der Waals surface area contributed by atoms with Crippen molar-refractivity contribution in [3.63, 3.8) is 0 Å². The maximum atomic E-state index is 13.4. The summed E-state index contributed by atoms with van der Waals surface area (Å²) in [7, 11) is -3.99. The molecule has 170 valence electrons. The van der Waals surface area contributed by atoms with Crippen molar-refractivity contribution in [3.8, 4) is 0 Å². The molecule has 1 aliphatic carbocycles. The summed E-state index contributed by atoms with van der Waals surface area (Å²) in [5.41, 5.74) is 2.20. The number of sulfonamides is 1. The van der Waals surface area contributed by atoms with E-state index >= 15 is 0 Å². The van der Waals surface area contributed by atoms with Crippen LogP contribution in [0.4, 0.5) is 5.69 Å². The van der Waals surface area contributed by atoms with Gasteiger partial charge < -0.3 is 5.32 Å². The molecule has 3 N–H and O–H groups in total. The number of carbonyl (C=O) groups excluding carboxylic acids is 2. The first-order valence-electron chi connectivity index (χ1n) is 10.1. The third-order valence-corrected chi connectivity index (χ3v) is 8.55. The number of nitrogens with one attached hydrogen (secondary N) is 2. The molecule has 0 spiro atoms. The molecule has 8 nitrogen and oxygen atoms in total. The summed E-state index contributed by atoms with van der Waals surface area (Å²) in [6, 6.07) is 8.98. The molecule has 1 aliphatic heterocycles. The number of amides is 2. The van der Waals surface area contributed by atoms with Gasteiger partial charge in [0, 0.05) is 16.8 Å². The molecule has 1 saturated carbocycles. The fraction of sp³-hybridized carbons (Fsp3) is 0.333. The Morgan fingerprint density at radius 1 is 1.06 bits per heavy atom. The van der Waals surface area contributed by atoms with Crippen LogP contribution >= 0.6 is 23.2 Å². The van der Waals surface area contributed by atoms with E-state index in [1.54, 1.807) is 11.5 Å². The molecule has 0 radical (unpaired) electrons. The molecule has 11 heteroatoms. The second kappa shape index (κ2) is 8.99. The van der Waals surface area contributed by atoms with Crippen LogP contribution in [0.3, 0.4) is 0 Å². The van der Waals surface area contributed by atoms with Crippen molar-refractivity contribution in [2.75, 3.05) is 5.32 Å². The Morgan fingerprint density at radius 2 is 1.78 bits per heavy atom. The van der Waals surface area contributed by atoms with Crippen LogP contribution < -0.4 is 10.8 Å². The van der Waals surface area contributed by atoms with Crippen molar-refractivity contribution in [1.82, 2.24) is 9.79 Å². The summed E-state index contributed by atoms with van der Waals surface area (Å²) in [6.45, 7) is 0. The fourth-order valence-corrected chi connectivity index (χ4v) is 6.96. The lowest BCUT2D eigenvalue weighted by molar-refractivity contribution is -0.132. The number of hydrogen-bond donors (Lipinski definition) is 3. The Hall–Kier alpha value is -2.17. The van der Waals surface area contributed by atoms with E-state index in [1.807, 2.05) is 0 Å². The number of rotatable bonds is 5. The Labute approximate surface area is 195 Å².